The fourth-order valence-electron chi connectivity index (χ4n) is 2.50. The molecule has 1 aromatic carbocycles. The smallest absolute Gasteiger partial charge is 0.248 e. The summed E-state index contributed by atoms with van der Waals surface area (Å²) < 4.78 is 0. The highest BCUT2D eigenvalue weighted by atomic mass is 16.2. The number of carbonyl (C=O) groups is 2. The quantitative estimate of drug-likeness (QED) is 0.850. The molecular weight excluding hydrogens is 276 g/mol. The van der Waals surface area contributed by atoms with Gasteiger partial charge in [-0.3, -0.25) is 9.59 Å². The van der Waals surface area contributed by atoms with Crippen LogP contribution in [0.4, 0.5) is 0 Å². The molecule has 1 fully saturated rings. The van der Waals surface area contributed by atoms with Gasteiger partial charge in [0, 0.05) is 18.5 Å². The van der Waals surface area contributed by atoms with Crippen molar-refractivity contribution in [1.82, 2.24) is 10.2 Å². The highest BCUT2D eigenvalue weighted by Crippen LogP contribution is 2.17. The molecule has 1 aliphatic heterocycles. The van der Waals surface area contributed by atoms with E-state index in [9.17, 15) is 9.59 Å². The summed E-state index contributed by atoms with van der Waals surface area (Å²) in [6.07, 6.45) is 5.79. The Kier molecular flexibility index (Phi) is 5.75. The molecule has 1 heterocycles. The van der Waals surface area contributed by atoms with E-state index < -0.39 is 0 Å². The van der Waals surface area contributed by atoms with Gasteiger partial charge in [0.2, 0.25) is 11.8 Å². The minimum absolute atomic E-state index is 0.0163. The number of hydrogen-bond acceptors (Lipinski definition) is 2. The van der Waals surface area contributed by atoms with Crippen molar-refractivity contribution in [2.45, 2.75) is 39.3 Å². The lowest BCUT2D eigenvalue weighted by Crippen LogP contribution is -2.47. The van der Waals surface area contributed by atoms with E-state index >= 15 is 0 Å². The van der Waals surface area contributed by atoms with Crippen molar-refractivity contribution in [2.75, 3.05) is 6.54 Å². The molecule has 4 heteroatoms. The lowest BCUT2D eigenvalue weighted by Gasteiger charge is -2.25. The van der Waals surface area contributed by atoms with Crippen LogP contribution in [0.5, 0.6) is 0 Å². The first-order valence-corrected chi connectivity index (χ1v) is 7.96. The summed E-state index contributed by atoms with van der Waals surface area (Å²) in [6.45, 7) is 4.60. The maximum atomic E-state index is 12.3. The zero-order valence-corrected chi connectivity index (χ0v) is 13.3. The third-order valence-electron chi connectivity index (χ3n) is 4.12. The van der Waals surface area contributed by atoms with Gasteiger partial charge in [0.25, 0.3) is 0 Å². The molecule has 22 heavy (non-hydrogen) atoms. The SMILES string of the molecule is CC[C@H](C)C(=O)N[C@H]1CCCN1C(=O)C=Cc1ccccc1. The van der Waals surface area contributed by atoms with Crippen LogP contribution in [0, 0.1) is 5.92 Å². The van der Waals surface area contributed by atoms with Crippen LogP contribution < -0.4 is 5.32 Å². The Morgan fingerprint density at radius 1 is 1.36 bits per heavy atom. The number of nitrogens with one attached hydrogen (secondary N) is 1. The van der Waals surface area contributed by atoms with E-state index in [-0.39, 0.29) is 23.9 Å². The van der Waals surface area contributed by atoms with Crippen LogP contribution in [0.3, 0.4) is 0 Å². The van der Waals surface area contributed by atoms with E-state index in [2.05, 4.69) is 5.32 Å². The van der Waals surface area contributed by atoms with Gasteiger partial charge in [-0.05, 0) is 30.9 Å². The number of nitrogens with zero attached hydrogens (tertiary/aromatic N) is 1. The average Bonchev–Trinajstić information content (AvgIpc) is 3.00. The molecule has 2 amide bonds. The Labute approximate surface area is 132 Å². The number of hydrogen-bond donors (Lipinski definition) is 1. The minimum atomic E-state index is -0.172. The van der Waals surface area contributed by atoms with Gasteiger partial charge in [-0.15, -0.1) is 0 Å². The van der Waals surface area contributed by atoms with E-state index in [1.165, 1.54) is 0 Å². The topological polar surface area (TPSA) is 49.4 Å². The third kappa shape index (κ3) is 4.20. The Bertz CT molecular complexity index is 539. The molecule has 0 spiro atoms. The molecule has 0 aromatic heterocycles. The first-order chi connectivity index (χ1) is 10.6. The number of amides is 2. The second-order valence-corrected chi connectivity index (χ2v) is 5.75. The molecule has 0 unspecified atom stereocenters. The molecule has 1 saturated heterocycles. The number of likely N-dealkylation sites (tertiary alicyclic amines) is 1. The fourth-order valence-corrected chi connectivity index (χ4v) is 2.50. The van der Waals surface area contributed by atoms with Crippen molar-refractivity contribution < 1.29 is 9.59 Å². The minimum Gasteiger partial charge on any atom is -0.336 e. The number of benzene rings is 1. The first-order valence-electron chi connectivity index (χ1n) is 7.96. The summed E-state index contributed by atoms with van der Waals surface area (Å²) in [5.41, 5.74) is 0.996. The molecule has 0 aliphatic carbocycles. The van der Waals surface area contributed by atoms with E-state index in [0.29, 0.717) is 6.54 Å². The highest BCUT2D eigenvalue weighted by Gasteiger charge is 2.29. The van der Waals surface area contributed by atoms with Crippen LogP contribution in [-0.2, 0) is 9.59 Å². The van der Waals surface area contributed by atoms with Crippen molar-refractivity contribution in [3.05, 3.63) is 42.0 Å². The van der Waals surface area contributed by atoms with Crippen LogP contribution in [0.15, 0.2) is 36.4 Å². The maximum absolute atomic E-state index is 12.3. The van der Waals surface area contributed by atoms with Crippen molar-refractivity contribution in [3.63, 3.8) is 0 Å². The Balaban J connectivity index is 1.96. The molecule has 4 nitrogen and oxygen atoms in total. The van der Waals surface area contributed by atoms with E-state index in [1.54, 1.807) is 11.0 Å². The molecular formula is C18H24N2O2. The van der Waals surface area contributed by atoms with Gasteiger partial charge in [0.15, 0.2) is 0 Å². The average molecular weight is 300 g/mol. The molecule has 1 N–H and O–H groups in total. The molecule has 118 valence electrons. The van der Waals surface area contributed by atoms with Gasteiger partial charge >= 0.3 is 0 Å². The molecule has 1 aromatic rings. The zero-order valence-electron chi connectivity index (χ0n) is 13.3. The predicted molar refractivity (Wildman–Crippen MR) is 87.8 cm³/mol. The van der Waals surface area contributed by atoms with Crippen LogP contribution in [0.1, 0.15) is 38.7 Å². The standard InChI is InChI=1S/C18H24N2O2/c1-3-14(2)18(22)19-16-10-7-13-20(16)17(21)12-11-15-8-5-4-6-9-15/h4-6,8-9,11-12,14,16H,3,7,10,13H2,1-2H3,(H,19,22)/t14-,16+/m0/s1. The predicted octanol–water partition coefficient (Wildman–Crippen LogP) is 2.81. The summed E-state index contributed by atoms with van der Waals surface area (Å²) in [5, 5.41) is 2.99. The Morgan fingerprint density at radius 3 is 2.77 bits per heavy atom. The molecule has 2 rings (SSSR count). The maximum Gasteiger partial charge on any atom is 0.248 e. The Hall–Kier alpha value is -2.10. The van der Waals surface area contributed by atoms with Crippen molar-refractivity contribution >= 4 is 17.9 Å². The van der Waals surface area contributed by atoms with Gasteiger partial charge in [-0.25, -0.2) is 0 Å². The Morgan fingerprint density at radius 2 is 2.09 bits per heavy atom. The van der Waals surface area contributed by atoms with Crippen molar-refractivity contribution in [1.29, 1.82) is 0 Å². The van der Waals surface area contributed by atoms with Gasteiger partial charge in [-0.2, -0.15) is 0 Å². The van der Waals surface area contributed by atoms with Gasteiger partial charge in [-0.1, -0.05) is 44.2 Å². The lowest BCUT2D eigenvalue weighted by atomic mass is 10.1. The second kappa shape index (κ2) is 7.78. The summed E-state index contributed by atoms with van der Waals surface area (Å²) >= 11 is 0. The molecule has 0 radical (unpaired) electrons. The van der Waals surface area contributed by atoms with Gasteiger partial charge in [0.1, 0.15) is 6.17 Å². The van der Waals surface area contributed by atoms with E-state index in [1.807, 2.05) is 50.3 Å². The summed E-state index contributed by atoms with van der Waals surface area (Å²) in [4.78, 5) is 26.1. The van der Waals surface area contributed by atoms with Crippen molar-refractivity contribution in [2.24, 2.45) is 5.92 Å². The first kappa shape index (κ1) is 16.3. The van der Waals surface area contributed by atoms with Crippen molar-refractivity contribution in [3.8, 4) is 0 Å². The molecule has 0 saturated carbocycles. The van der Waals surface area contributed by atoms with Crippen LogP contribution in [-0.4, -0.2) is 29.4 Å². The normalized spacial score (nSPS) is 19.4. The van der Waals surface area contributed by atoms with E-state index in [0.717, 1.165) is 24.8 Å². The summed E-state index contributed by atoms with van der Waals surface area (Å²) in [5.74, 6) is -0.0348. The summed E-state index contributed by atoms with van der Waals surface area (Å²) in [6, 6.07) is 9.73. The van der Waals surface area contributed by atoms with Crippen LogP contribution in [0.25, 0.3) is 6.08 Å². The zero-order chi connectivity index (χ0) is 15.9. The fraction of sp³-hybridized carbons (Fsp3) is 0.444. The second-order valence-electron chi connectivity index (χ2n) is 5.75. The van der Waals surface area contributed by atoms with Crippen LogP contribution in [0.2, 0.25) is 0 Å². The number of rotatable bonds is 5. The third-order valence-corrected chi connectivity index (χ3v) is 4.12. The summed E-state index contributed by atoms with van der Waals surface area (Å²) in [7, 11) is 0. The van der Waals surface area contributed by atoms with Gasteiger partial charge < -0.3 is 10.2 Å². The van der Waals surface area contributed by atoms with Gasteiger partial charge in [0.05, 0.1) is 0 Å². The molecule has 1 aliphatic rings. The van der Waals surface area contributed by atoms with E-state index in [4.69, 9.17) is 0 Å². The van der Waals surface area contributed by atoms with Crippen LogP contribution >= 0.6 is 0 Å². The monoisotopic (exact) mass is 300 g/mol. The lowest BCUT2D eigenvalue weighted by molar-refractivity contribution is -0.131. The molecule has 2 atom stereocenters. The largest absolute Gasteiger partial charge is 0.336 e. The number of carbonyl (C=O) groups excluding carboxylic acids is 2. The molecule has 0 bridgehead atoms. The highest BCUT2D eigenvalue weighted by molar-refractivity contribution is 5.92.